The van der Waals surface area contributed by atoms with Gasteiger partial charge in [0, 0.05) is 31.6 Å². The summed E-state index contributed by atoms with van der Waals surface area (Å²) in [5.41, 5.74) is 2.02. The maximum absolute atomic E-state index is 12.0. The second-order valence-electron chi connectivity index (χ2n) is 6.49. The number of carbonyl (C=O) groups excluding carboxylic acids is 2. The van der Waals surface area contributed by atoms with E-state index in [0.717, 1.165) is 50.1 Å². The van der Waals surface area contributed by atoms with Crippen molar-refractivity contribution in [3.8, 4) is 0 Å². The van der Waals surface area contributed by atoms with E-state index in [1.165, 1.54) is 0 Å². The minimum absolute atomic E-state index is 0.135. The number of rotatable bonds is 5. The molecule has 23 heavy (non-hydrogen) atoms. The lowest BCUT2D eigenvalue weighted by Gasteiger charge is -2.22. The SMILES string of the molecule is O=C(CC1CCNCC1)NCc1ccc(N2CCCC2=O)cc1. The largest absolute Gasteiger partial charge is 0.352 e. The molecule has 0 spiro atoms. The fourth-order valence-corrected chi connectivity index (χ4v) is 3.34. The van der Waals surface area contributed by atoms with E-state index in [1.807, 2.05) is 29.2 Å². The van der Waals surface area contributed by atoms with E-state index < -0.39 is 0 Å². The Morgan fingerprint density at radius 1 is 1.22 bits per heavy atom. The molecule has 0 saturated carbocycles. The predicted octanol–water partition coefficient (Wildman–Crippen LogP) is 1.82. The van der Waals surface area contributed by atoms with Crippen molar-refractivity contribution in [1.82, 2.24) is 10.6 Å². The molecule has 2 saturated heterocycles. The van der Waals surface area contributed by atoms with Crippen molar-refractivity contribution >= 4 is 17.5 Å². The van der Waals surface area contributed by atoms with Crippen LogP contribution in [0.25, 0.3) is 0 Å². The Kier molecular flexibility index (Phi) is 5.28. The summed E-state index contributed by atoms with van der Waals surface area (Å²) in [5.74, 6) is 0.850. The van der Waals surface area contributed by atoms with Crippen LogP contribution in [-0.4, -0.2) is 31.4 Å². The zero-order valence-corrected chi connectivity index (χ0v) is 13.5. The molecule has 0 bridgehead atoms. The Labute approximate surface area is 137 Å². The molecule has 3 rings (SSSR count). The summed E-state index contributed by atoms with van der Waals surface area (Å²) < 4.78 is 0. The molecule has 0 unspecified atom stereocenters. The van der Waals surface area contributed by atoms with Crippen LogP contribution in [0.3, 0.4) is 0 Å². The monoisotopic (exact) mass is 315 g/mol. The lowest BCUT2D eigenvalue weighted by atomic mass is 9.94. The van der Waals surface area contributed by atoms with Gasteiger partial charge in [0.2, 0.25) is 11.8 Å². The Hall–Kier alpha value is -1.88. The number of amides is 2. The molecule has 5 heteroatoms. The summed E-state index contributed by atoms with van der Waals surface area (Å²) in [6.45, 7) is 3.41. The summed E-state index contributed by atoms with van der Waals surface area (Å²) in [6.07, 6.45) is 4.39. The summed E-state index contributed by atoms with van der Waals surface area (Å²) in [5, 5.41) is 6.32. The molecule has 2 N–H and O–H groups in total. The average Bonchev–Trinajstić information content (AvgIpc) is 3.00. The van der Waals surface area contributed by atoms with Gasteiger partial charge in [-0.2, -0.15) is 0 Å². The highest BCUT2D eigenvalue weighted by Crippen LogP contribution is 2.21. The van der Waals surface area contributed by atoms with Gasteiger partial charge in [-0.25, -0.2) is 0 Å². The lowest BCUT2D eigenvalue weighted by molar-refractivity contribution is -0.122. The highest BCUT2D eigenvalue weighted by Gasteiger charge is 2.21. The number of benzene rings is 1. The molecule has 2 fully saturated rings. The Morgan fingerprint density at radius 3 is 2.61 bits per heavy atom. The van der Waals surface area contributed by atoms with Crippen LogP contribution in [0, 0.1) is 5.92 Å². The number of carbonyl (C=O) groups is 2. The quantitative estimate of drug-likeness (QED) is 0.871. The highest BCUT2D eigenvalue weighted by molar-refractivity contribution is 5.95. The molecule has 2 aliphatic rings. The van der Waals surface area contributed by atoms with Crippen LogP contribution in [0.4, 0.5) is 5.69 Å². The molecule has 2 aliphatic heterocycles. The van der Waals surface area contributed by atoms with Gasteiger partial charge >= 0.3 is 0 Å². The van der Waals surface area contributed by atoms with E-state index in [4.69, 9.17) is 0 Å². The molecule has 5 nitrogen and oxygen atoms in total. The first-order valence-electron chi connectivity index (χ1n) is 8.59. The van der Waals surface area contributed by atoms with Crippen LogP contribution in [0.1, 0.15) is 37.7 Å². The zero-order chi connectivity index (χ0) is 16.1. The minimum Gasteiger partial charge on any atom is -0.352 e. The standard InChI is InChI=1S/C18H25N3O2/c22-17(12-14-7-9-19-10-8-14)20-13-15-3-5-16(6-4-15)21-11-1-2-18(21)23/h3-6,14,19H,1-2,7-13H2,(H,20,22). The first kappa shape index (κ1) is 16.0. The van der Waals surface area contributed by atoms with Crippen molar-refractivity contribution in [3.63, 3.8) is 0 Å². The minimum atomic E-state index is 0.135. The molecule has 1 aromatic carbocycles. The number of hydrogen-bond acceptors (Lipinski definition) is 3. The predicted molar refractivity (Wildman–Crippen MR) is 90.1 cm³/mol. The molecule has 0 aromatic heterocycles. The molecule has 124 valence electrons. The van der Waals surface area contributed by atoms with Gasteiger partial charge in [-0.3, -0.25) is 9.59 Å². The van der Waals surface area contributed by atoms with Gasteiger partial charge in [0.1, 0.15) is 0 Å². The summed E-state index contributed by atoms with van der Waals surface area (Å²) in [6, 6.07) is 7.92. The number of hydrogen-bond donors (Lipinski definition) is 2. The molecule has 0 aliphatic carbocycles. The maximum Gasteiger partial charge on any atom is 0.227 e. The van der Waals surface area contributed by atoms with Crippen molar-refractivity contribution in [3.05, 3.63) is 29.8 Å². The highest BCUT2D eigenvalue weighted by atomic mass is 16.2. The van der Waals surface area contributed by atoms with Crippen molar-refractivity contribution in [1.29, 1.82) is 0 Å². The third kappa shape index (κ3) is 4.32. The summed E-state index contributed by atoms with van der Waals surface area (Å²) in [7, 11) is 0. The number of nitrogens with zero attached hydrogens (tertiary/aromatic N) is 1. The second-order valence-corrected chi connectivity index (χ2v) is 6.49. The van der Waals surface area contributed by atoms with Crippen LogP contribution >= 0.6 is 0 Å². The smallest absolute Gasteiger partial charge is 0.227 e. The molecule has 2 heterocycles. The van der Waals surface area contributed by atoms with Crippen LogP contribution in [-0.2, 0) is 16.1 Å². The van der Waals surface area contributed by atoms with Crippen molar-refractivity contribution in [2.45, 2.75) is 38.6 Å². The van der Waals surface area contributed by atoms with Crippen molar-refractivity contribution in [2.75, 3.05) is 24.5 Å². The van der Waals surface area contributed by atoms with E-state index >= 15 is 0 Å². The molecule has 1 aromatic rings. The average molecular weight is 315 g/mol. The molecule has 0 atom stereocenters. The third-order valence-corrected chi connectivity index (χ3v) is 4.74. The third-order valence-electron chi connectivity index (χ3n) is 4.74. The van der Waals surface area contributed by atoms with E-state index in [0.29, 0.717) is 25.3 Å². The normalized spacial score (nSPS) is 19.1. The van der Waals surface area contributed by atoms with Gasteiger partial charge < -0.3 is 15.5 Å². The molecular weight excluding hydrogens is 290 g/mol. The van der Waals surface area contributed by atoms with Crippen molar-refractivity contribution in [2.24, 2.45) is 5.92 Å². The van der Waals surface area contributed by atoms with E-state index in [-0.39, 0.29) is 11.8 Å². The Balaban J connectivity index is 1.46. The topological polar surface area (TPSA) is 61.4 Å². The first-order valence-corrected chi connectivity index (χ1v) is 8.59. The van der Waals surface area contributed by atoms with Gasteiger partial charge in [0.05, 0.1) is 0 Å². The fraction of sp³-hybridized carbons (Fsp3) is 0.556. The summed E-state index contributed by atoms with van der Waals surface area (Å²) >= 11 is 0. The second kappa shape index (κ2) is 7.59. The Morgan fingerprint density at radius 2 is 1.96 bits per heavy atom. The molecule has 2 amide bonds. The van der Waals surface area contributed by atoms with Gasteiger partial charge in [0.25, 0.3) is 0 Å². The lowest BCUT2D eigenvalue weighted by Crippen LogP contribution is -2.32. The number of anilines is 1. The molecular formula is C18H25N3O2. The van der Waals surface area contributed by atoms with E-state index in [1.54, 1.807) is 0 Å². The number of nitrogens with one attached hydrogen (secondary N) is 2. The first-order chi connectivity index (χ1) is 11.2. The van der Waals surface area contributed by atoms with Crippen LogP contribution in [0.15, 0.2) is 24.3 Å². The van der Waals surface area contributed by atoms with Gasteiger partial charge in [-0.05, 0) is 56.0 Å². The Bertz CT molecular complexity index is 550. The van der Waals surface area contributed by atoms with Crippen LogP contribution < -0.4 is 15.5 Å². The maximum atomic E-state index is 12.0. The zero-order valence-electron chi connectivity index (χ0n) is 13.5. The molecule has 0 radical (unpaired) electrons. The fourth-order valence-electron chi connectivity index (χ4n) is 3.34. The van der Waals surface area contributed by atoms with Crippen LogP contribution in [0.2, 0.25) is 0 Å². The van der Waals surface area contributed by atoms with Crippen LogP contribution in [0.5, 0.6) is 0 Å². The van der Waals surface area contributed by atoms with Crippen molar-refractivity contribution < 1.29 is 9.59 Å². The van der Waals surface area contributed by atoms with Gasteiger partial charge in [0.15, 0.2) is 0 Å². The van der Waals surface area contributed by atoms with Gasteiger partial charge in [-0.1, -0.05) is 12.1 Å². The number of piperidine rings is 1. The van der Waals surface area contributed by atoms with Gasteiger partial charge in [-0.15, -0.1) is 0 Å². The summed E-state index contributed by atoms with van der Waals surface area (Å²) in [4.78, 5) is 25.6. The van der Waals surface area contributed by atoms with E-state index in [9.17, 15) is 9.59 Å². The van der Waals surface area contributed by atoms with E-state index in [2.05, 4.69) is 10.6 Å².